The lowest BCUT2D eigenvalue weighted by molar-refractivity contribution is 1.04. The number of rotatable bonds is 5. The van der Waals surface area contributed by atoms with Gasteiger partial charge in [0.05, 0.1) is 58.6 Å². The predicted octanol–water partition coefficient (Wildman–Crippen LogP) is 12.1. The summed E-state index contributed by atoms with van der Waals surface area (Å²) in [4.78, 5) is 21.9. The van der Waals surface area contributed by atoms with Gasteiger partial charge in [0.15, 0.2) is 11.6 Å². The van der Waals surface area contributed by atoms with Crippen LogP contribution in [0.5, 0.6) is 0 Å². The van der Waals surface area contributed by atoms with Gasteiger partial charge in [-0.15, -0.1) is 0 Å². The van der Waals surface area contributed by atoms with Crippen LogP contribution < -0.4 is 4.90 Å². The molecule has 0 aliphatic rings. The average molecular weight is 691 g/mol. The standard InChI is InChI=1S/C48H30N6/c1-5-17-37-31(13-1)25-32-14-2-6-18-38(32)45(37)54(46-39-19-7-3-15-33(39)26-34-16-4-8-20-40(34)46)36-29-51-48(52-30-36)47-49-27-35(28-50-47)53-43-23-11-9-21-41(43)42-22-10-12-24-44(42)53/h1-30H. The highest BCUT2D eigenvalue weighted by atomic mass is 15.2. The molecule has 11 rings (SSSR count). The quantitative estimate of drug-likeness (QED) is 0.168. The second-order valence-corrected chi connectivity index (χ2v) is 13.6. The molecule has 0 saturated carbocycles. The van der Waals surface area contributed by atoms with E-state index in [-0.39, 0.29) is 0 Å². The third kappa shape index (κ3) is 4.67. The molecule has 0 unspecified atom stereocenters. The Morgan fingerprint density at radius 3 is 1.09 bits per heavy atom. The Morgan fingerprint density at radius 1 is 0.352 bits per heavy atom. The number of benzene rings is 8. The molecule has 6 heteroatoms. The predicted molar refractivity (Wildman–Crippen MR) is 222 cm³/mol. The lowest BCUT2D eigenvalue weighted by Crippen LogP contribution is -2.13. The van der Waals surface area contributed by atoms with E-state index in [1.165, 1.54) is 10.8 Å². The van der Waals surface area contributed by atoms with Crippen LogP contribution in [0.1, 0.15) is 0 Å². The molecule has 3 heterocycles. The molecule has 0 fully saturated rings. The summed E-state index contributed by atoms with van der Waals surface area (Å²) in [5.41, 5.74) is 6.09. The van der Waals surface area contributed by atoms with Gasteiger partial charge in [-0.05, 0) is 45.8 Å². The number of hydrogen-bond acceptors (Lipinski definition) is 5. The fourth-order valence-electron chi connectivity index (χ4n) is 8.14. The first-order valence-corrected chi connectivity index (χ1v) is 18.0. The maximum absolute atomic E-state index is 4.95. The van der Waals surface area contributed by atoms with Crippen molar-refractivity contribution in [1.29, 1.82) is 0 Å². The van der Waals surface area contributed by atoms with Gasteiger partial charge in [0, 0.05) is 32.3 Å². The molecule has 54 heavy (non-hydrogen) atoms. The zero-order chi connectivity index (χ0) is 35.6. The summed E-state index contributed by atoms with van der Waals surface area (Å²) in [6, 6.07) is 55.8. The summed E-state index contributed by atoms with van der Waals surface area (Å²) >= 11 is 0. The first kappa shape index (κ1) is 30.2. The maximum Gasteiger partial charge on any atom is 0.197 e. The first-order chi connectivity index (χ1) is 26.8. The van der Waals surface area contributed by atoms with Crippen LogP contribution >= 0.6 is 0 Å². The molecule has 0 radical (unpaired) electrons. The Kier molecular flexibility index (Phi) is 6.75. The summed E-state index contributed by atoms with van der Waals surface area (Å²) < 4.78 is 2.21. The van der Waals surface area contributed by atoms with Gasteiger partial charge in [-0.1, -0.05) is 133 Å². The van der Waals surface area contributed by atoms with Crippen molar-refractivity contribution in [2.24, 2.45) is 0 Å². The monoisotopic (exact) mass is 690 g/mol. The number of anilines is 3. The Labute approximate surface area is 310 Å². The van der Waals surface area contributed by atoms with E-state index < -0.39 is 0 Å². The molecular formula is C48H30N6. The second kappa shape index (κ2) is 12.1. The largest absolute Gasteiger partial charge is 0.306 e. The van der Waals surface area contributed by atoms with Gasteiger partial charge < -0.3 is 9.47 Å². The van der Waals surface area contributed by atoms with Crippen LogP contribution in [0.3, 0.4) is 0 Å². The third-order valence-corrected chi connectivity index (χ3v) is 10.5. The van der Waals surface area contributed by atoms with E-state index in [4.69, 9.17) is 19.9 Å². The molecule has 0 bridgehead atoms. The van der Waals surface area contributed by atoms with Crippen molar-refractivity contribution in [3.63, 3.8) is 0 Å². The minimum absolute atomic E-state index is 0.457. The van der Waals surface area contributed by atoms with Crippen molar-refractivity contribution in [2.75, 3.05) is 4.90 Å². The van der Waals surface area contributed by atoms with Gasteiger partial charge in [-0.3, -0.25) is 0 Å². The number of hydrogen-bond donors (Lipinski definition) is 0. The number of aromatic nitrogens is 5. The minimum Gasteiger partial charge on any atom is -0.306 e. The van der Waals surface area contributed by atoms with E-state index in [2.05, 4.69) is 167 Å². The molecule has 3 aromatic heterocycles. The zero-order valence-electron chi connectivity index (χ0n) is 29.0. The molecule has 0 amide bonds. The SMILES string of the molecule is c1ccc2c(N(c3cnc(-c4ncc(-n5c6ccccc6c6ccccc65)cn4)nc3)c3c4ccccc4cc4ccccc34)c3ccccc3cc2c1. The van der Waals surface area contributed by atoms with E-state index in [0.29, 0.717) is 11.6 Å². The molecule has 0 saturated heterocycles. The fourth-order valence-corrected chi connectivity index (χ4v) is 8.14. The molecule has 0 atom stereocenters. The second-order valence-electron chi connectivity index (χ2n) is 13.6. The summed E-state index contributed by atoms with van der Waals surface area (Å²) in [6.45, 7) is 0. The molecule has 11 aromatic rings. The van der Waals surface area contributed by atoms with Crippen molar-refractivity contribution >= 4 is 82.0 Å². The van der Waals surface area contributed by atoms with Crippen LogP contribution in [0, 0.1) is 0 Å². The third-order valence-electron chi connectivity index (χ3n) is 10.5. The highest BCUT2D eigenvalue weighted by molar-refractivity contribution is 6.20. The van der Waals surface area contributed by atoms with Crippen molar-refractivity contribution in [3.05, 3.63) is 183 Å². The normalized spacial score (nSPS) is 11.7. The summed E-state index contributed by atoms with van der Waals surface area (Å²) in [5.74, 6) is 0.918. The van der Waals surface area contributed by atoms with Gasteiger partial charge in [0.1, 0.15) is 0 Å². The van der Waals surface area contributed by atoms with Crippen LogP contribution in [0.4, 0.5) is 17.1 Å². The lowest BCUT2D eigenvalue weighted by Gasteiger charge is -2.30. The summed E-state index contributed by atoms with van der Waals surface area (Å²) in [6.07, 6.45) is 7.52. The Hall–Kier alpha value is -7.44. The molecule has 252 valence electrons. The van der Waals surface area contributed by atoms with Gasteiger partial charge in [0.25, 0.3) is 0 Å². The average Bonchev–Trinajstić information content (AvgIpc) is 3.58. The topological polar surface area (TPSA) is 59.7 Å². The van der Waals surface area contributed by atoms with E-state index >= 15 is 0 Å². The highest BCUT2D eigenvalue weighted by Crippen LogP contribution is 2.48. The van der Waals surface area contributed by atoms with Crippen LogP contribution in [-0.2, 0) is 0 Å². The first-order valence-electron chi connectivity index (χ1n) is 18.0. The fraction of sp³-hybridized carbons (Fsp3) is 0. The molecule has 6 nitrogen and oxygen atoms in total. The zero-order valence-corrected chi connectivity index (χ0v) is 29.0. The van der Waals surface area contributed by atoms with Gasteiger partial charge in [-0.25, -0.2) is 19.9 Å². The smallest absolute Gasteiger partial charge is 0.197 e. The highest BCUT2D eigenvalue weighted by Gasteiger charge is 2.24. The van der Waals surface area contributed by atoms with Crippen LogP contribution in [0.2, 0.25) is 0 Å². The van der Waals surface area contributed by atoms with Crippen molar-refractivity contribution < 1.29 is 0 Å². The van der Waals surface area contributed by atoms with Gasteiger partial charge >= 0.3 is 0 Å². The summed E-state index contributed by atoms with van der Waals surface area (Å²) in [7, 11) is 0. The summed E-state index contributed by atoms with van der Waals surface area (Å²) in [5, 5.41) is 11.6. The van der Waals surface area contributed by atoms with E-state index in [1.54, 1.807) is 0 Å². The molecular weight excluding hydrogens is 661 g/mol. The van der Waals surface area contributed by atoms with Crippen molar-refractivity contribution in [2.45, 2.75) is 0 Å². The van der Waals surface area contributed by atoms with Crippen LogP contribution in [-0.4, -0.2) is 24.5 Å². The minimum atomic E-state index is 0.457. The van der Waals surface area contributed by atoms with Crippen molar-refractivity contribution in [3.8, 4) is 17.3 Å². The Bertz CT molecular complexity index is 2940. The van der Waals surface area contributed by atoms with E-state index in [1.807, 2.05) is 24.8 Å². The van der Waals surface area contributed by atoms with Crippen LogP contribution in [0.25, 0.3) is 82.2 Å². The maximum atomic E-state index is 4.95. The van der Waals surface area contributed by atoms with Gasteiger partial charge in [-0.2, -0.15) is 0 Å². The molecule has 0 spiro atoms. The van der Waals surface area contributed by atoms with E-state index in [0.717, 1.165) is 76.9 Å². The Balaban J connectivity index is 1.10. The number of nitrogens with zero attached hydrogens (tertiary/aromatic N) is 6. The molecule has 0 aliphatic heterocycles. The lowest BCUT2D eigenvalue weighted by atomic mass is 9.96. The van der Waals surface area contributed by atoms with Crippen molar-refractivity contribution in [1.82, 2.24) is 24.5 Å². The van der Waals surface area contributed by atoms with Crippen LogP contribution in [0.15, 0.2) is 183 Å². The molecule has 0 N–H and O–H groups in total. The molecule has 8 aromatic carbocycles. The Morgan fingerprint density at radius 2 is 0.685 bits per heavy atom. The number of fused-ring (bicyclic) bond motifs is 7. The molecule has 0 aliphatic carbocycles. The van der Waals surface area contributed by atoms with Gasteiger partial charge in [0.2, 0.25) is 0 Å². The van der Waals surface area contributed by atoms with E-state index in [9.17, 15) is 0 Å². The number of para-hydroxylation sites is 2.